The van der Waals surface area contributed by atoms with Crippen molar-refractivity contribution in [2.45, 2.75) is 51.9 Å². The van der Waals surface area contributed by atoms with Crippen molar-refractivity contribution in [3.63, 3.8) is 0 Å². The van der Waals surface area contributed by atoms with Crippen molar-refractivity contribution >= 4 is 5.91 Å². The molecule has 1 aliphatic carbocycles. The fraction of sp³-hybridized carbons (Fsp3) is 0.933. The summed E-state index contributed by atoms with van der Waals surface area (Å²) in [6, 6.07) is 0. The third-order valence-corrected chi connectivity index (χ3v) is 4.82. The molecule has 2 rings (SSSR count). The quantitative estimate of drug-likeness (QED) is 0.835. The highest BCUT2D eigenvalue weighted by Crippen LogP contribution is 2.32. The number of hydrogen-bond donors (Lipinski definition) is 1. The molecule has 104 valence electrons. The van der Waals surface area contributed by atoms with Crippen LogP contribution in [0.15, 0.2) is 0 Å². The lowest BCUT2D eigenvalue weighted by Crippen LogP contribution is -2.41. The molecule has 1 heterocycles. The van der Waals surface area contributed by atoms with E-state index < -0.39 is 0 Å². The number of rotatable bonds is 4. The minimum Gasteiger partial charge on any atom is -0.342 e. The molecule has 3 nitrogen and oxygen atoms in total. The standard InChI is InChI=1S/C15H28N2O/c1-2-5-12-8-9-17(11-12)15(18)14-7-4-3-6-13(14)10-16/h12-14H,2-11,16H2,1H3. The largest absolute Gasteiger partial charge is 0.342 e. The first-order valence-electron chi connectivity index (χ1n) is 7.75. The third kappa shape index (κ3) is 3.05. The van der Waals surface area contributed by atoms with E-state index in [4.69, 9.17) is 5.73 Å². The van der Waals surface area contributed by atoms with Crippen molar-refractivity contribution in [3.05, 3.63) is 0 Å². The van der Waals surface area contributed by atoms with Gasteiger partial charge in [0.2, 0.25) is 5.91 Å². The van der Waals surface area contributed by atoms with Gasteiger partial charge in [-0.1, -0.05) is 26.2 Å². The van der Waals surface area contributed by atoms with E-state index in [1.54, 1.807) is 0 Å². The maximum absolute atomic E-state index is 12.6. The Balaban J connectivity index is 1.90. The average molecular weight is 252 g/mol. The first kappa shape index (κ1) is 13.9. The van der Waals surface area contributed by atoms with Gasteiger partial charge in [0.15, 0.2) is 0 Å². The maximum atomic E-state index is 12.6. The number of hydrogen-bond acceptors (Lipinski definition) is 2. The molecule has 1 saturated heterocycles. The second-order valence-corrected chi connectivity index (χ2v) is 6.11. The van der Waals surface area contributed by atoms with Gasteiger partial charge in [-0.25, -0.2) is 0 Å². The van der Waals surface area contributed by atoms with Crippen LogP contribution in [0.1, 0.15) is 51.9 Å². The fourth-order valence-corrected chi connectivity index (χ4v) is 3.73. The van der Waals surface area contributed by atoms with Crippen LogP contribution < -0.4 is 5.73 Å². The molecule has 0 aromatic carbocycles. The Labute approximate surface area is 111 Å². The average Bonchev–Trinajstić information content (AvgIpc) is 2.87. The van der Waals surface area contributed by atoms with E-state index in [2.05, 4.69) is 11.8 Å². The van der Waals surface area contributed by atoms with Gasteiger partial charge < -0.3 is 10.6 Å². The van der Waals surface area contributed by atoms with E-state index in [1.165, 1.54) is 32.1 Å². The molecule has 18 heavy (non-hydrogen) atoms. The Bertz CT molecular complexity index is 280. The normalized spacial score (nSPS) is 32.8. The van der Waals surface area contributed by atoms with Crippen molar-refractivity contribution in [2.24, 2.45) is 23.5 Å². The smallest absolute Gasteiger partial charge is 0.226 e. The predicted molar refractivity (Wildman–Crippen MR) is 74.1 cm³/mol. The summed E-state index contributed by atoms with van der Waals surface area (Å²) >= 11 is 0. The number of carbonyl (C=O) groups is 1. The van der Waals surface area contributed by atoms with Crippen LogP contribution in [0.25, 0.3) is 0 Å². The van der Waals surface area contributed by atoms with Gasteiger partial charge in [-0.05, 0) is 44.1 Å². The van der Waals surface area contributed by atoms with Gasteiger partial charge in [0.1, 0.15) is 0 Å². The van der Waals surface area contributed by atoms with Gasteiger partial charge in [-0.2, -0.15) is 0 Å². The molecule has 3 atom stereocenters. The first-order valence-corrected chi connectivity index (χ1v) is 7.75. The second-order valence-electron chi connectivity index (χ2n) is 6.11. The summed E-state index contributed by atoms with van der Waals surface area (Å²) in [5.41, 5.74) is 5.83. The Morgan fingerprint density at radius 3 is 2.78 bits per heavy atom. The third-order valence-electron chi connectivity index (χ3n) is 4.82. The number of nitrogens with two attached hydrogens (primary N) is 1. The van der Waals surface area contributed by atoms with Gasteiger partial charge in [0.05, 0.1) is 0 Å². The molecule has 3 heteroatoms. The Morgan fingerprint density at radius 1 is 1.28 bits per heavy atom. The molecule has 1 amide bonds. The summed E-state index contributed by atoms with van der Waals surface area (Å²) in [4.78, 5) is 14.7. The lowest BCUT2D eigenvalue weighted by molar-refractivity contribution is -0.137. The maximum Gasteiger partial charge on any atom is 0.226 e. The van der Waals surface area contributed by atoms with E-state index in [1.807, 2.05) is 0 Å². The summed E-state index contributed by atoms with van der Waals surface area (Å²) in [6.45, 7) is 4.90. The van der Waals surface area contributed by atoms with Gasteiger partial charge in [-0.15, -0.1) is 0 Å². The monoisotopic (exact) mass is 252 g/mol. The topological polar surface area (TPSA) is 46.3 Å². The summed E-state index contributed by atoms with van der Waals surface area (Å²) in [5.74, 6) is 1.82. The molecule has 0 bridgehead atoms. The van der Waals surface area contributed by atoms with Crippen LogP contribution in [0.3, 0.4) is 0 Å². The van der Waals surface area contributed by atoms with E-state index >= 15 is 0 Å². The molecule has 0 aromatic heterocycles. The van der Waals surface area contributed by atoms with Gasteiger partial charge in [0.25, 0.3) is 0 Å². The molecule has 1 saturated carbocycles. The van der Waals surface area contributed by atoms with E-state index in [0.717, 1.165) is 31.8 Å². The summed E-state index contributed by atoms with van der Waals surface area (Å²) in [7, 11) is 0. The SMILES string of the molecule is CCCC1CCN(C(=O)C2CCCCC2CN)C1. The van der Waals surface area contributed by atoms with Crippen LogP contribution in [0, 0.1) is 17.8 Å². The molecular weight excluding hydrogens is 224 g/mol. The number of carbonyl (C=O) groups excluding carboxylic acids is 1. The summed E-state index contributed by atoms with van der Waals surface area (Å²) in [6.07, 6.45) is 8.40. The van der Waals surface area contributed by atoms with Crippen LogP contribution in [-0.4, -0.2) is 30.4 Å². The van der Waals surface area contributed by atoms with Crippen LogP contribution in [-0.2, 0) is 4.79 Å². The molecule has 3 unspecified atom stereocenters. The zero-order chi connectivity index (χ0) is 13.0. The van der Waals surface area contributed by atoms with Crippen molar-refractivity contribution in [3.8, 4) is 0 Å². The van der Waals surface area contributed by atoms with Crippen LogP contribution in [0.4, 0.5) is 0 Å². The zero-order valence-corrected chi connectivity index (χ0v) is 11.7. The van der Waals surface area contributed by atoms with Crippen LogP contribution in [0.5, 0.6) is 0 Å². The van der Waals surface area contributed by atoms with Gasteiger partial charge >= 0.3 is 0 Å². The van der Waals surface area contributed by atoms with Crippen molar-refractivity contribution < 1.29 is 4.79 Å². The fourth-order valence-electron chi connectivity index (χ4n) is 3.73. The van der Waals surface area contributed by atoms with Crippen molar-refractivity contribution in [1.82, 2.24) is 4.90 Å². The van der Waals surface area contributed by atoms with E-state index in [-0.39, 0.29) is 5.92 Å². The number of likely N-dealkylation sites (tertiary alicyclic amines) is 1. The predicted octanol–water partition coefficient (Wildman–Crippen LogP) is 2.40. The van der Waals surface area contributed by atoms with Gasteiger partial charge in [0, 0.05) is 19.0 Å². The van der Waals surface area contributed by atoms with Crippen molar-refractivity contribution in [1.29, 1.82) is 0 Å². The number of nitrogens with zero attached hydrogens (tertiary/aromatic N) is 1. The highest BCUT2D eigenvalue weighted by Gasteiger charge is 2.35. The van der Waals surface area contributed by atoms with Gasteiger partial charge in [-0.3, -0.25) is 4.79 Å². The lowest BCUT2D eigenvalue weighted by Gasteiger charge is -2.32. The summed E-state index contributed by atoms with van der Waals surface area (Å²) in [5, 5.41) is 0. The molecular formula is C15H28N2O. The molecule has 1 aliphatic heterocycles. The zero-order valence-electron chi connectivity index (χ0n) is 11.7. The summed E-state index contributed by atoms with van der Waals surface area (Å²) < 4.78 is 0. The molecule has 2 N–H and O–H groups in total. The second kappa shape index (κ2) is 6.55. The lowest BCUT2D eigenvalue weighted by atomic mass is 9.78. The Hall–Kier alpha value is -0.570. The Morgan fingerprint density at radius 2 is 2.06 bits per heavy atom. The van der Waals surface area contributed by atoms with E-state index in [9.17, 15) is 4.79 Å². The molecule has 0 radical (unpaired) electrons. The van der Waals surface area contributed by atoms with Crippen LogP contribution >= 0.6 is 0 Å². The number of amides is 1. The molecule has 2 fully saturated rings. The van der Waals surface area contributed by atoms with E-state index in [0.29, 0.717) is 18.4 Å². The van der Waals surface area contributed by atoms with Crippen molar-refractivity contribution in [2.75, 3.05) is 19.6 Å². The molecule has 2 aliphatic rings. The molecule has 0 spiro atoms. The van der Waals surface area contributed by atoms with Crippen LogP contribution in [0.2, 0.25) is 0 Å². The minimum absolute atomic E-state index is 0.226. The highest BCUT2D eigenvalue weighted by molar-refractivity contribution is 5.79. The minimum atomic E-state index is 0.226. The first-order chi connectivity index (χ1) is 8.76. The molecule has 0 aromatic rings. The Kier molecular flexibility index (Phi) is 5.04. The highest BCUT2D eigenvalue weighted by atomic mass is 16.2.